The van der Waals surface area contributed by atoms with Gasteiger partial charge in [-0.3, -0.25) is 9.78 Å². The summed E-state index contributed by atoms with van der Waals surface area (Å²) >= 11 is 6.13. The van der Waals surface area contributed by atoms with Crippen LogP contribution >= 0.6 is 11.6 Å². The number of pyridine rings is 1. The van der Waals surface area contributed by atoms with E-state index >= 15 is 0 Å². The Hall–Kier alpha value is -1.70. The van der Waals surface area contributed by atoms with Crippen molar-refractivity contribution >= 4 is 38.5 Å². The first-order chi connectivity index (χ1) is 10.2. The number of hydrogen-bond donors (Lipinski definition) is 2. The maximum absolute atomic E-state index is 12.5. The van der Waals surface area contributed by atoms with Gasteiger partial charge in [0, 0.05) is 17.1 Å². The van der Waals surface area contributed by atoms with Crippen LogP contribution in [-0.4, -0.2) is 30.5 Å². The van der Waals surface area contributed by atoms with E-state index in [4.69, 9.17) is 16.7 Å². The van der Waals surface area contributed by atoms with E-state index in [0.29, 0.717) is 16.1 Å². The number of hydrogen-bond acceptors (Lipinski definition) is 4. The molecule has 2 N–H and O–H groups in total. The van der Waals surface area contributed by atoms with Crippen LogP contribution in [0.2, 0.25) is 5.02 Å². The van der Waals surface area contributed by atoms with E-state index in [9.17, 15) is 13.2 Å². The van der Waals surface area contributed by atoms with Crippen LogP contribution in [0.4, 0.5) is 0 Å². The Kier molecular flexibility index (Phi) is 4.69. The summed E-state index contributed by atoms with van der Waals surface area (Å²) in [7, 11) is -3.90. The zero-order chi connectivity index (χ0) is 16.5. The van der Waals surface area contributed by atoms with Gasteiger partial charge >= 0.3 is 5.97 Å². The largest absolute Gasteiger partial charge is 0.481 e. The van der Waals surface area contributed by atoms with Crippen LogP contribution in [0.1, 0.15) is 19.0 Å². The summed E-state index contributed by atoms with van der Waals surface area (Å²) in [6.45, 7) is 3.21. The second-order valence-corrected chi connectivity index (χ2v) is 7.11. The Balaban J connectivity index is 2.52. The highest BCUT2D eigenvalue weighted by molar-refractivity contribution is 7.89. The molecule has 1 heterocycles. The van der Waals surface area contributed by atoms with E-state index in [-0.39, 0.29) is 16.8 Å². The van der Waals surface area contributed by atoms with Gasteiger partial charge in [-0.2, -0.15) is 0 Å². The van der Waals surface area contributed by atoms with E-state index in [0.717, 1.165) is 0 Å². The number of halogens is 1. The number of aromatic nitrogens is 1. The predicted molar refractivity (Wildman–Crippen MR) is 83.5 cm³/mol. The summed E-state index contributed by atoms with van der Waals surface area (Å²) in [5, 5.41) is 9.67. The molecule has 0 amide bonds. The van der Waals surface area contributed by atoms with Gasteiger partial charge in [0.15, 0.2) is 0 Å². The molecular weight excluding hydrogens is 328 g/mol. The van der Waals surface area contributed by atoms with E-state index in [1.165, 1.54) is 13.0 Å². The highest BCUT2D eigenvalue weighted by Crippen LogP contribution is 2.28. The SMILES string of the molecule is Cc1cc(Cl)c2cccc(S(=O)(=O)N[C@H](C)CC(=O)O)c2n1. The van der Waals surface area contributed by atoms with Crippen molar-refractivity contribution in [2.45, 2.75) is 31.2 Å². The fourth-order valence-electron chi connectivity index (χ4n) is 2.15. The zero-order valence-electron chi connectivity index (χ0n) is 12.0. The number of aryl methyl sites for hydroxylation is 1. The van der Waals surface area contributed by atoms with Gasteiger partial charge in [0.2, 0.25) is 10.0 Å². The van der Waals surface area contributed by atoms with Gasteiger partial charge in [-0.05, 0) is 26.0 Å². The first-order valence-electron chi connectivity index (χ1n) is 6.50. The molecular formula is C14H15ClN2O4S. The summed E-state index contributed by atoms with van der Waals surface area (Å²) in [5.41, 5.74) is 0.862. The number of carboxylic acids is 1. The minimum absolute atomic E-state index is 0.0205. The lowest BCUT2D eigenvalue weighted by Gasteiger charge is -2.14. The molecule has 0 bridgehead atoms. The van der Waals surface area contributed by atoms with Crippen LogP contribution in [0, 0.1) is 6.92 Å². The Bertz CT molecular complexity index is 836. The number of para-hydroxylation sites is 1. The van der Waals surface area contributed by atoms with Crippen LogP contribution in [-0.2, 0) is 14.8 Å². The molecule has 0 radical (unpaired) electrons. The predicted octanol–water partition coefficient (Wildman–Crippen LogP) is 2.34. The third-order valence-corrected chi connectivity index (χ3v) is 4.94. The molecule has 8 heteroatoms. The molecule has 22 heavy (non-hydrogen) atoms. The van der Waals surface area contributed by atoms with E-state index in [1.807, 2.05) is 0 Å². The molecule has 2 aromatic rings. The minimum atomic E-state index is -3.90. The van der Waals surface area contributed by atoms with Crippen molar-refractivity contribution in [1.82, 2.24) is 9.71 Å². The maximum atomic E-state index is 12.5. The van der Waals surface area contributed by atoms with Crippen LogP contribution in [0.15, 0.2) is 29.2 Å². The molecule has 1 aromatic heterocycles. The lowest BCUT2D eigenvalue weighted by Crippen LogP contribution is -2.34. The fraction of sp³-hybridized carbons (Fsp3) is 0.286. The number of benzene rings is 1. The van der Waals surface area contributed by atoms with Crippen LogP contribution in [0.25, 0.3) is 10.9 Å². The molecule has 0 spiro atoms. The van der Waals surface area contributed by atoms with Crippen molar-refractivity contribution in [3.05, 3.63) is 35.0 Å². The summed E-state index contributed by atoms with van der Waals surface area (Å²) in [6, 6.07) is 5.59. The van der Waals surface area contributed by atoms with E-state index in [2.05, 4.69) is 9.71 Å². The number of nitrogens with one attached hydrogen (secondary N) is 1. The molecule has 0 saturated carbocycles. The molecule has 1 aromatic carbocycles. The van der Waals surface area contributed by atoms with Crippen LogP contribution < -0.4 is 4.72 Å². The lowest BCUT2D eigenvalue weighted by atomic mass is 10.2. The number of rotatable bonds is 5. The van der Waals surface area contributed by atoms with Crippen LogP contribution in [0.5, 0.6) is 0 Å². The standard InChI is InChI=1S/C14H15ClN2O4S/c1-8-6-11(15)10-4-3-5-12(14(10)16-8)22(20,21)17-9(2)7-13(18)19/h3-6,9,17H,7H2,1-2H3,(H,18,19)/t9-/m1/s1. The summed E-state index contributed by atoms with van der Waals surface area (Å²) in [4.78, 5) is 14.9. The van der Waals surface area contributed by atoms with Gasteiger partial charge < -0.3 is 5.11 Å². The van der Waals surface area contributed by atoms with Gasteiger partial charge in [-0.1, -0.05) is 23.7 Å². The van der Waals surface area contributed by atoms with Crippen molar-refractivity contribution in [3.8, 4) is 0 Å². The molecule has 0 fully saturated rings. The van der Waals surface area contributed by atoms with Gasteiger partial charge in [0.1, 0.15) is 4.90 Å². The van der Waals surface area contributed by atoms with Gasteiger partial charge in [0.05, 0.1) is 17.0 Å². The van der Waals surface area contributed by atoms with Crippen molar-refractivity contribution in [2.75, 3.05) is 0 Å². The molecule has 6 nitrogen and oxygen atoms in total. The van der Waals surface area contributed by atoms with Gasteiger partial charge in [-0.25, -0.2) is 13.1 Å². The highest BCUT2D eigenvalue weighted by atomic mass is 35.5. The maximum Gasteiger partial charge on any atom is 0.304 e. The highest BCUT2D eigenvalue weighted by Gasteiger charge is 2.22. The first-order valence-corrected chi connectivity index (χ1v) is 8.37. The average molecular weight is 343 g/mol. The molecule has 0 aliphatic heterocycles. The Morgan fingerprint density at radius 1 is 1.45 bits per heavy atom. The van der Waals surface area contributed by atoms with Crippen molar-refractivity contribution in [3.63, 3.8) is 0 Å². The first kappa shape index (κ1) is 16.7. The number of carboxylic acid groups (broad SMARTS) is 1. The summed E-state index contributed by atoms with van der Waals surface area (Å²) in [5.74, 6) is -1.08. The van der Waals surface area contributed by atoms with Crippen molar-refractivity contribution in [2.24, 2.45) is 0 Å². The lowest BCUT2D eigenvalue weighted by molar-refractivity contribution is -0.137. The minimum Gasteiger partial charge on any atom is -0.481 e. The average Bonchev–Trinajstić information content (AvgIpc) is 2.35. The molecule has 0 unspecified atom stereocenters. The Morgan fingerprint density at radius 2 is 2.14 bits per heavy atom. The molecule has 1 atom stereocenters. The fourth-order valence-corrected chi connectivity index (χ4v) is 3.87. The smallest absolute Gasteiger partial charge is 0.304 e. The van der Waals surface area contributed by atoms with Crippen molar-refractivity contribution < 1.29 is 18.3 Å². The van der Waals surface area contributed by atoms with Crippen molar-refractivity contribution in [1.29, 1.82) is 0 Å². The molecule has 0 aliphatic carbocycles. The van der Waals surface area contributed by atoms with Gasteiger partial charge in [-0.15, -0.1) is 0 Å². The number of nitrogens with zero attached hydrogens (tertiary/aromatic N) is 1. The number of carbonyl (C=O) groups is 1. The number of sulfonamides is 1. The quantitative estimate of drug-likeness (QED) is 0.869. The Labute approximate surface area is 133 Å². The molecule has 0 aliphatic rings. The Morgan fingerprint density at radius 3 is 2.77 bits per heavy atom. The van der Waals surface area contributed by atoms with E-state index in [1.54, 1.807) is 25.1 Å². The number of fused-ring (bicyclic) bond motifs is 1. The van der Waals surface area contributed by atoms with E-state index < -0.39 is 22.0 Å². The number of aliphatic carboxylic acids is 1. The second kappa shape index (κ2) is 6.20. The zero-order valence-corrected chi connectivity index (χ0v) is 13.6. The molecule has 2 rings (SSSR count). The summed E-state index contributed by atoms with van der Waals surface area (Å²) < 4.78 is 27.3. The van der Waals surface area contributed by atoms with Crippen LogP contribution in [0.3, 0.4) is 0 Å². The normalized spacial score (nSPS) is 13.2. The second-order valence-electron chi connectivity index (χ2n) is 5.02. The third-order valence-electron chi connectivity index (χ3n) is 3.01. The summed E-state index contributed by atoms with van der Waals surface area (Å²) in [6.07, 6.45) is -0.308. The molecule has 0 saturated heterocycles. The van der Waals surface area contributed by atoms with Gasteiger partial charge in [0.25, 0.3) is 0 Å². The topological polar surface area (TPSA) is 96.4 Å². The molecule has 118 valence electrons. The third kappa shape index (κ3) is 3.55. The monoisotopic (exact) mass is 342 g/mol.